The van der Waals surface area contributed by atoms with Crippen LogP contribution in [0.1, 0.15) is 15.9 Å². The van der Waals surface area contributed by atoms with E-state index >= 15 is 0 Å². The Morgan fingerprint density at radius 3 is 2.79 bits per heavy atom. The van der Waals surface area contributed by atoms with Crippen LogP contribution in [0.3, 0.4) is 0 Å². The number of methoxy groups -OCH3 is 1. The lowest BCUT2D eigenvalue weighted by atomic mass is 10.1. The van der Waals surface area contributed by atoms with Gasteiger partial charge in [0.2, 0.25) is 17.5 Å². The molecule has 146 valence electrons. The van der Waals surface area contributed by atoms with Gasteiger partial charge in [0.15, 0.2) is 0 Å². The van der Waals surface area contributed by atoms with Crippen LogP contribution in [0, 0.1) is 5.82 Å². The number of carbonyl (C=O) groups excluding carboxylic acids is 1. The Labute approximate surface area is 163 Å². The third-order valence-electron chi connectivity index (χ3n) is 4.11. The maximum Gasteiger partial charge on any atom is 0.321 e. The minimum Gasteiger partial charge on any atom is -0.467 e. The number of nitrogens with two attached hydrogens (primary N) is 1. The van der Waals surface area contributed by atoms with Crippen molar-refractivity contribution in [1.29, 1.82) is 0 Å². The first-order valence-corrected chi connectivity index (χ1v) is 8.52. The van der Waals surface area contributed by atoms with E-state index in [0.717, 1.165) is 0 Å². The van der Waals surface area contributed by atoms with E-state index in [4.69, 9.17) is 15.0 Å². The molecule has 4 aromatic rings. The molecule has 4 rings (SSSR count). The van der Waals surface area contributed by atoms with Crippen LogP contribution in [0.2, 0.25) is 0 Å². The molecule has 0 unspecified atom stereocenters. The molecule has 0 radical (unpaired) electrons. The predicted octanol–water partition coefficient (Wildman–Crippen LogP) is 2.54. The number of fused-ring (bicyclic) bond motifs is 1. The number of hydrogen-bond acceptors (Lipinski definition) is 8. The lowest BCUT2D eigenvalue weighted by molar-refractivity contribution is 0.100. The maximum atomic E-state index is 13.4. The minimum absolute atomic E-state index is 0.0485. The molecule has 0 saturated heterocycles. The van der Waals surface area contributed by atoms with Gasteiger partial charge in [-0.2, -0.15) is 15.0 Å². The van der Waals surface area contributed by atoms with Crippen molar-refractivity contribution in [3.05, 3.63) is 59.4 Å². The van der Waals surface area contributed by atoms with Crippen LogP contribution in [-0.2, 0) is 6.54 Å². The summed E-state index contributed by atoms with van der Waals surface area (Å²) < 4.78 is 23.9. The van der Waals surface area contributed by atoms with Gasteiger partial charge in [-0.25, -0.2) is 4.39 Å². The second-order valence-electron chi connectivity index (χ2n) is 6.03. The van der Waals surface area contributed by atoms with Gasteiger partial charge in [0.1, 0.15) is 11.3 Å². The third-order valence-corrected chi connectivity index (χ3v) is 4.11. The van der Waals surface area contributed by atoms with Crippen molar-refractivity contribution in [1.82, 2.24) is 20.1 Å². The van der Waals surface area contributed by atoms with Crippen molar-refractivity contribution >= 4 is 22.8 Å². The summed E-state index contributed by atoms with van der Waals surface area (Å²) in [5.41, 5.74) is 6.63. The number of carbonyl (C=O) groups is 1. The van der Waals surface area contributed by atoms with Crippen LogP contribution in [0.15, 0.2) is 47.0 Å². The van der Waals surface area contributed by atoms with Crippen LogP contribution in [0.5, 0.6) is 6.01 Å². The second kappa shape index (κ2) is 7.50. The molecular weight excluding hydrogens is 379 g/mol. The van der Waals surface area contributed by atoms with Gasteiger partial charge in [-0.15, -0.1) is 0 Å². The molecule has 9 nitrogen and oxygen atoms in total. The molecule has 0 fully saturated rings. The summed E-state index contributed by atoms with van der Waals surface area (Å²) >= 11 is 0. The topological polar surface area (TPSA) is 129 Å². The average Bonchev–Trinajstić information content (AvgIpc) is 3.16. The number of nitrogens with one attached hydrogen (secondary N) is 1. The SMILES string of the molecule is COc1nc(NCc2cccc(F)c2)nc(-c2onc3c(C(N)=O)cccc23)n1. The minimum atomic E-state index is -0.624. The normalized spacial score (nSPS) is 10.8. The van der Waals surface area contributed by atoms with Gasteiger partial charge in [0.05, 0.1) is 18.1 Å². The molecule has 0 atom stereocenters. The predicted molar refractivity (Wildman–Crippen MR) is 102 cm³/mol. The molecule has 2 heterocycles. The summed E-state index contributed by atoms with van der Waals surface area (Å²) in [7, 11) is 1.42. The molecule has 0 aliphatic rings. The summed E-state index contributed by atoms with van der Waals surface area (Å²) in [6.07, 6.45) is 0. The Morgan fingerprint density at radius 2 is 2.03 bits per heavy atom. The van der Waals surface area contributed by atoms with E-state index in [1.165, 1.54) is 19.2 Å². The van der Waals surface area contributed by atoms with E-state index in [0.29, 0.717) is 16.5 Å². The van der Waals surface area contributed by atoms with Gasteiger partial charge in [-0.1, -0.05) is 23.4 Å². The molecule has 0 bridgehead atoms. The van der Waals surface area contributed by atoms with E-state index in [-0.39, 0.29) is 41.5 Å². The molecule has 3 N–H and O–H groups in total. The Kier molecular flexibility index (Phi) is 4.73. The highest BCUT2D eigenvalue weighted by atomic mass is 19.1. The number of hydrogen-bond donors (Lipinski definition) is 2. The molecule has 2 aromatic carbocycles. The quantitative estimate of drug-likeness (QED) is 0.510. The van der Waals surface area contributed by atoms with Crippen LogP contribution in [-0.4, -0.2) is 33.1 Å². The zero-order valence-electron chi connectivity index (χ0n) is 15.2. The number of benzene rings is 2. The summed E-state index contributed by atoms with van der Waals surface area (Å²) in [5, 5.41) is 7.44. The fourth-order valence-electron chi connectivity index (χ4n) is 2.78. The van der Waals surface area contributed by atoms with Crippen molar-refractivity contribution in [2.24, 2.45) is 5.73 Å². The smallest absolute Gasteiger partial charge is 0.321 e. The number of ether oxygens (including phenoxy) is 1. The molecule has 0 spiro atoms. The summed E-state index contributed by atoms with van der Waals surface area (Å²) in [4.78, 5) is 24.3. The zero-order chi connectivity index (χ0) is 20.4. The first kappa shape index (κ1) is 18.3. The van der Waals surface area contributed by atoms with Crippen LogP contribution < -0.4 is 15.8 Å². The standard InChI is InChI=1S/C19H15FN6O3/c1-28-19-24-17(15-12-6-3-7-13(16(21)27)14(12)26-29-15)23-18(25-19)22-9-10-4-2-5-11(20)8-10/h2-8H,9H2,1H3,(H2,21,27)(H,22,23,24,25). The summed E-state index contributed by atoms with van der Waals surface area (Å²) in [5.74, 6) is -0.371. The second-order valence-corrected chi connectivity index (χ2v) is 6.03. The maximum absolute atomic E-state index is 13.4. The molecular formula is C19H15FN6O3. The first-order chi connectivity index (χ1) is 14.0. The number of amides is 1. The van der Waals surface area contributed by atoms with Crippen molar-refractivity contribution in [3.8, 4) is 17.6 Å². The van der Waals surface area contributed by atoms with Gasteiger partial charge in [0.25, 0.3) is 5.91 Å². The number of rotatable bonds is 6. The van der Waals surface area contributed by atoms with Crippen LogP contribution >= 0.6 is 0 Å². The van der Waals surface area contributed by atoms with Gasteiger partial charge < -0.3 is 20.3 Å². The summed E-state index contributed by atoms with van der Waals surface area (Å²) in [6, 6.07) is 11.1. The Balaban J connectivity index is 1.71. The number of nitrogens with zero attached hydrogens (tertiary/aromatic N) is 4. The number of aromatic nitrogens is 4. The van der Waals surface area contributed by atoms with E-state index in [1.54, 1.807) is 30.3 Å². The lowest BCUT2D eigenvalue weighted by Crippen LogP contribution is -2.11. The van der Waals surface area contributed by atoms with Crippen LogP contribution in [0.4, 0.5) is 10.3 Å². The molecule has 10 heteroatoms. The van der Waals surface area contributed by atoms with Crippen molar-refractivity contribution in [2.75, 3.05) is 12.4 Å². The molecule has 0 aliphatic carbocycles. The van der Waals surface area contributed by atoms with Crippen molar-refractivity contribution in [2.45, 2.75) is 6.54 Å². The van der Waals surface area contributed by atoms with E-state index in [2.05, 4.69) is 25.4 Å². The zero-order valence-corrected chi connectivity index (χ0v) is 15.2. The van der Waals surface area contributed by atoms with Gasteiger partial charge in [-0.3, -0.25) is 4.79 Å². The Bertz CT molecular complexity index is 1210. The fourth-order valence-corrected chi connectivity index (χ4v) is 2.78. The van der Waals surface area contributed by atoms with Gasteiger partial charge in [-0.05, 0) is 29.8 Å². The fraction of sp³-hybridized carbons (Fsp3) is 0.105. The van der Waals surface area contributed by atoms with E-state index in [9.17, 15) is 9.18 Å². The molecule has 0 aliphatic heterocycles. The number of halogens is 1. The average molecular weight is 394 g/mol. The van der Waals surface area contributed by atoms with Crippen molar-refractivity contribution < 1.29 is 18.4 Å². The number of anilines is 1. The Morgan fingerprint density at radius 1 is 1.21 bits per heavy atom. The highest BCUT2D eigenvalue weighted by Gasteiger charge is 2.20. The highest BCUT2D eigenvalue weighted by molar-refractivity contribution is 6.07. The van der Waals surface area contributed by atoms with E-state index in [1.807, 2.05) is 0 Å². The summed E-state index contributed by atoms with van der Waals surface area (Å²) in [6.45, 7) is 0.285. The molecule has 2 aromatic heterocycles. The molecule has 0 saturated carbocycles. The Hall–Kier alpha value is -4.08. The largest absolute Gasteiger partial charge is 0.467 e. The van der Waals surface area contributed by atoms with E-state index < -0.39 is 5.91 Å². The highest BCUT2D eigenvalue weighted by Crippen LogP contribution is 2.29. The third kappa shape index (κ3) is 3.68. The molecule has 1 amide bonds. The monoisotopic (exact) mass is 394 g/mol. The first-order valence-electron chi connectivity index (χ1n) is 8.52. The lowest BCUT2D eigenvalue weighted by Gasteiger charge is -2.07. The number of primary amides is 1. The van der Waals surface area contributed by atoms with Crippen molar-refractivity contribution in [3.63, 3.8) is 0 Å². The van der Waals surface area contributed by atoms with Gasteiger partial charge in [0, 0.05) is 6.54 Å². The van der Waals surface area contributed by atoms with Crippen LogP contribution in [0.25, 0.3) is 22.5 Å². The molecule has 29 heavy (non-hydrogen) atoms. The van der Waals surface area contributed by atoms with Gasteiger partial charge >= 0.3 is 6.01 Å².